The molecular formula is C17H14N4OS. The van der Waals surface area contributed by atoms with E-state index in [4.69, 9.17) is 0 Å². The molecule has 0 aliphatic carbocycles. The molecule has 2 N–H and O–H groups in total. The van der Waals surface area contributed by atoms with Crippen LogP contribution in [0.15, 0.2) is 54.6 Å². The summed E-state index contributed by atoms with van der Waals surface area (Å²) in [5.74, 6) is 0. The lowest BCUT2D eigenvalue weighted by Gasteiger charge is -2.21. The molecule has 6 heteroatoms. The molecule has 23 heavy (non-hydrogen) atoms. The van der Waals surface area contributed by atoms with Gasteiger partial charge in [-0.15, -0.1) is 11.3 Å². The van der Waals surface area contributed by atoms with E-state index in [1.54, 1.807) is 19.3 Å². The normalized spacial score (nSPS) is 14.0. The van der Waals surface area contributed by atoms with Crippen molar-refractivity contribution in [3.63, 3.8) is 0 Å². The molecule has 5 nitrogen and oxygen atoms in total. The van der Waals surface area contributed by atoms with Crippen LogP contribution < -0.4 is 0 Å². The molecule has 0 aliphatic heterocycles. The first kappa shape index (κ1) is 14.0. The summed E-state index contributed by atoms with van der Waals surface area (Å²) in [5, 5.41) is 14.5. The van der Waals surface area contributed by atoms with Gasteiger partial charge in [0.25, 0.3) is 0 Å². The van der Waals surface area contributed by atoms with Gasteiger partial charge in [0.05, 0.1) is 5.69 Å². The molecule has 0 unspecified atom stereocenters. The number of aromatic nitrogens is 4. The largest absolute Gasteiger partial charge is 0.378 e. The van der Waals surface area contributed by atoms with Crippen molar-refractivity contribution < 1.29 is 5.11 Å². The molecule has 3 aromatic heterocycles. The number of nitrogens with zero attached hydrogens (tertiary/aromatic N) is 3. The third kappa shape index (κ3) is 2.32. The van der Waals surface area contributed by atoms with E-state index in [1.165, 1.54) is 17.7 Å². The summed E-state index contributed by atoms with van der Waals surface area (Å²) in [7, 11) is 0. The van der Waals surface area contributed by atoms with Crippen molar-refractivity contribution in [2.75, 3.05) is 0 Å². The quantitative estimate of drug-likeness (QED) is 0.606. The summed E-state index contributed by atoms with van der Waals surface area (Å²) in [6.45, 7) is 1.77. The van der Waals surface area contributed by atoms with Crippen molar-refractivity contribution in [1.29, 1.82) is 0 Å². The number of rotatable bonds is 3. The lowest BCUT2D eigenvalue weighted by Crippen LogP contribution is -2.22. The lowest BCUT2D eigenvalue weighted by molar-refractivity contribution is 0.102. The summed E-state index contributed by atoms with van der Waals surface area (Å²) in [6, 6.07) is 7.75. The Hall–Kier alpha value is -2.57. The van der Waals surface area contributed by atoms with Crippen molar-refractivity contribution in [3.05, 3.63) is 65.1 Å². The van der Waals surface area contributed by atoms with E-state index in [2.05, 4.69) is 19.9 Å². The van der Waals surface area contributed by atoms with Crippen LogP contribution in [0.5, 0.6) is 0 Å². The van der Waals surface area contributed by atoms with Crippen molar-refractivity contribution in [2.45, 2.75) is 12.5 Å². The monoisotopic (exact) mass is 322 g/mol. The maximum atomic E-state index is 10.9. The molecule has 0 saturated heterocycles. The molecule has 0 saturated carbocycles. The third-order valence-corrected chi connectivity index (χ3v) is 4.93. The van der Waals surface area contributed by atoms with Gasteiger partial charge in [-0.1, -0.05) is 6.07 Å². The number of aromatic amines is 1. The molecule has 0 bridgehead atoms. The Labute approximate surface area is 136 Å². The van der Waals surface area contributed by atoms with Crippen LogP contribution >= 0.6 is 11.3 Å². The van der Waals surface area contributed by atoms with Crippen LogP contribution in [0.3, 0.4) is 0 Å². The zero-order valence-corrected chi connectivity index (χ0v) is 13.2. The minimum absolute atomic E-state index is 0.677. The fourth-order valence-corrected chi connectivity index (χ4v) is 3.39. The second-order valence-electron chi connectivity index (χ2n) is 5.47. The average molecular weight is 322 g/mol. The maximum Gasteiger partial charge on any atom is 0.138 e. The van der Waals surface area contributed by atoms with Crippen LogP contribution in [-0.4, -0.2) is 25.0 Å². The smallest absolute Gasteiger partial charge is 0.138 e. The maximum absolute atomic E-state index is 10.9. The number of hydrogen-bond donors (Lipinski definition) is 2. The van der Waals surface area contributed by atoms with Crippen LogP contribution in [0, 0.1) is 0 Å². The Morgan fingerprint density at radius 2 is 2.09 bits per heavy atom. The number of thiazole rings is 1. The average Bonchev–Trinajstić information content (AvgIpc) is 3.25. The first-order chi connectivity index (χ1) is 11.2. The first-order valence-corrected chi connectivity index (χ1v) is 8.04. The van der Waals surface area contributed by atoms with Crippen molar-refractivity contribution in [2.24, 2.45) is 0 Å². The Bertz CT molecular complexity index is 945. The molecule has 1 atom stereocenters. The van der Waals surface area contributed by atoms with Gasteiger partial charge in [-0.2, -0.15) is 0 Å². The first-order valence-electron chi connectivity index (χ1n) is 7.16. The van der Waals surface area contributed by atoms with Gasteiger partial charge in [0.1, 0.15) is 16.9 Å². The predicted octanol–water partition coefficient (Wildman–Crippen LogP) is 3.34. The highest BCUT2D eigenvalue weighted by Gasteiger charge is 2.29. The molecule has 0 spiro atoms. The zero-order valence-electron chi connectivity index (χ0n) is 12.4. The molecular weight excluding hydrogens is 308 g/mol. The lowest BCUT2D eigenvalue weighted by atomic mass is 9.94. The SMILES string of the molecule is C[C@@](O)(c1ccc2[nH]cc(-c3ccncn3)c2c1)c1nccs1. The molecule has 0 fully saturated rings. The molecule has 4 rings (SSSR count). The van der Waals surface area contributed by atoms with Gasteiger partial charge < -0.3 is 10.1 Å². The van der Waals surface area contributed by atoms with Crippen molar-refractivity contribution in [1.82, 2.24) is 19.9 Å². The predicted molar refractivity (Wildman–Crippen MR) is 90.1 cm³/mol. The summed E-state index contributed by atoms with van der Waals surface area (Å²) in [4.78, 5) is 15.8. The summed E-state index contributed by atoms with van der Waals surface area (Å²) in [6.07, 6.45) is 6.88. The van der Waals surface area contributed by atoms with E-state index >= 15 is 0 Å². The second kappa shape index (κ2) is 5.26. The van der Waals surface area contributed by atoms with Gasteiger partial charge in [-0.05, 0) is 30.7 Å². The molecule has 114 valence electrons. The highest BCUT2D eigenvalue weighted by Crippen LogP contribution is 2.34. The third-order valence-electron chi connectivity index (χ3n) is 3.95. The fraction of sp³-hybridized carbons (Fsp3) is 0.118. The van der Waals surface area contributed by atoms with E-state index < -0.39 is 5.60 Å². The number of nitrogens with one attached hydrogen (secondary N) is 1. The van der Waals surface area contributed by atoms with Gasteiger partial charge in [-0.3, -0.25) is 0 Å². The topological polar surface area (TPSA) is 74.7 Å². The van der Waals surface area contributed by atoms with Crippen molar-refractivity contribution in [3.8, 4) is 11.3 Å². The standard InChI is InChI=1S/C17H14N4OS/c1-17(22,16-19-6-7-23-16)11-2-3-14-12(8-11)13(9-20-14)15-4-5-18-10-21-15/h2-10,20,22H,1H3/t17-/m1/s1. The van der Waals surface area contributed by atoms with Crippen molar-refractivity contribution >= 4 is 22.2 Å². The number of hydrogen-bond acceptors (Lipinski definition) is 5. The number of H-pyrrole nitrogens is 1. The van der Waals surface area contributed by atoms with E-state index in [0.29, 0.717) is 5.01 Å². The Morgan fingerprint density at radius 3 is 2.83 bits per heavy atom. The summed E-state index contributed by atoms with van der Waals surface area (Å²) < 4.78 is 0. The number of benzene rings is 1. The molecule has 0 aliphatic rings. The highest BCUT2D eigenvalue weighted by atomic mass is 32.1. The number of fused-ring (bicyclic) bond motifs is 1. The highest BCUT2D eigenvalue weighted by molar-refractivity contribution is 7.09. The van der Waals surface area contributed by atoms with Gasteiger partial charge in [-0.25, -0.2) is 15.0 Å². The Kier molecular flexibility index (Phi) is 3.21. The van der Waals surface area contributed by atoms with Gasteiger partial charge in [0, 0.05) is 40.4 Å². The van der Waals surface area contributed by atoms with E-state index in [9.17, 15) is 5.11 Å². The van der Waals surface area contributed by atoms with Crippen LogP contribution in [0.25, 0.3) is 22.2 Å². The van der Waals surface area contributed by atoms with Crippen LogP contribution in [0.4, 0.5) is 0 Å². The van der Waals surface area contributed by atoms with Gasteiger partial charge in [0.15, 0.2) is 0 Å². The minimum atomic E-state index is -1.12. The molecule has 4 aromatic rings. The van der Waals surface area contributed by atoms with E-state index in [0.717, 1.165) is 27.7 Å². The summed E-state index contributed by atoms with van der Waals surface area (Å²) in [5.41, 5.74) is 2.51. The van der Waals surface area contributed by atoms with Gasteiger partial charge >= 0.3 is 0 Å². The molecule has 3 heterocycles. The molecule has 1 aromatic carbocycles. The van der Waals surface area contributed by atoms with E-state index in [-0.39, 0.29) is 0 Å². The van der Waals surface area contributed by atoms with Gasteiger partial charge in [0.2, 0.25) is 0 Å². The Balaban J connectivity index is 1.88. The van der Waals surface area contributed by atoms with Crippen LogP contribution in [-0.2, 0) is 5.60 Å². The second-order valence-corrected chi connectivity index (χ2v) is 6.36. The summed E-state index contributed by atoms with van der Waals surface area (Å²) >= 11 is 1.44. The van der Waals surface area contributed by atoms with E-state index in [1.807, 2.05) is 35.8 Å². The minimum Gasteiger partial charge on any atom is -0.378 e. The van der Waals surface area contributed by atoms with Crippen LogP contribution in [0.1, 0.15) is 17.5 Å². The number of aliphatic hydroxyl groups is 1. The fourth-order valence-electron chi connectivity index (χ4n) is 2.67. The molecule has 0 amide bonds. The Morgan fingerprint density at radius 1 is 1.17 bits per heavy atom. The molecule has 0 radical (unpaired) electrons. The van der Waals surface area contributed by atoms with Crippen LogP contribution in [0.2, 0.25) is 0 Å². The zero-order chi connectivity index (χ0) is 15.9.